The molecule has 9 heavy (non-hydrogen) atoms. The van der Waals surface area contributed by atoms with Gasteiger partial charge in [-0.15, -0.1) is 0 Å². The molecule has 0 aromatic heterocycles. The van der Waals surface area contributed by atoms with E-state index in [2.05, 4.69) is 0 Å². The summed E-state index contributed by atoms with van der Waals surface area (Å²) in [5.41, 5.74) is 2.32. The maximum absolute atomic E-state index is 5.29. The zero-order valence-corrected chi connectivity index (χ0v) is 5.46. The molecule has 46 valence electrons. The molecule has 0 aliphatic carbocycles. The summed E-state index contributed by atoms with van der Waals surface area (Å²) in [6, 6.07) is 8.06. The first-order chi connectivity index (χ1) is 4.33. The van der Waals surface area contributed by atoms with Crippen molar-refractivity contribution in [2.75, 3.05) is 0 Å². The molecule has 0 heterocycles. The van der Waals surface area contributed by atoms with E-state index in [1.54, 1.807) is 6.21 Å². The minimum atomic E-state index is 1.08. The van der Waals surface area contributed by atoms with Crippen LogP contribution in [0.2, 0.25) is 0 Å². The maximum atomic E-state index is 5.29. The van der Waals surface area contributed by atoms with Gasteiger partial charge in [0.05, 0.1) is 0 Å². The topological polar surface area (TPSA) is 25.6 Å². The molecule has 0 unspecified atom stereocenters. The van der Waals surface area contributed by atoms with Crippen LogP contribution in [0.15, 0.2) is 24.3 Å². The second kappa shape index (κ2) is 2.44. The van der Waals surface area contributed by atoms with Gasteiger partial charge >= 0.3 is 0 Å². The van der Waals surface area contributed by atoms with E-state index in [0.717, 1.165) is 5.56 Å². The molecule has 0 bridgehead atoms. The number of hydrogen-bond acceptors (Lipinski definition) is 0. The number of rotatable bonds is 1. The highest BCUT2D eigenvalue weighted by Crippen LogP contribution is 1.98. The summed E-state index contributed by atoms with van der Waals surface area (Å²) in [6.07, 6.45) is 1.60. The zero-order chi connectivity index (χ0) is 6.69. The average Bonchev–Trinajstić information content (AvgIpc) is 1.88. The molecule has 1 rings (SSSR count). The Morgan fingerprint density at radius 2 is 2.22 bits per heavy atom. The van der Waals surface area contributed by atoms with E-state index >= 15 is 0 Å². The quantitative estimate of drug-likeness (QED) is 0.511. The largest absolute Gasteiger partial charge is 0.260 e. The van der Waals surface area contributed by atoms with Crippen molar-refractivity contribution in [3.63, 3.8) is 0 Å². The summed E-state index contributed by atoms with van der Waals surface area (Å²) in [5, 5.41) is 5.29. The molecular weight excluding hydrogens is 110 g/mol. The summed E-state index contributed by atoms with van der Waals surface area (Å²) >= 11 is 0. The first-order valence-corrected chi connectivity index (χ1v) is 2.94. The minimum Gasteiger partial charge on any atom is -0.260 e. The molecule has 0 saturated carbocycles. The number of aryl methyl sites for hydroxylation is 1. The van der Waals surface area contributed by atoms with E-state index in [9.17, 15) is 0 Å². The fraction of sp³-hybridized carbons (Fsp3) is 0.125. The highest BCUT2D eigenvalue weighted by atomic mass is 14.3. The molecule has 1 aromatic rings. The van der Waals surface area contributed by atoms with Gasteiger partial charge < -0.3 is 0 Å². The van der Waals surface area contributed by atoms with Crippen molar-refractivity contribution in [1.82, 2.24) is 0 Å². The van der Waals surface area contributed by atoms with Crippen LogP contribution in [-0.4, -0.2) is 6.21 Å². The summed E-state index contributed by atoms with van der Waals surface area (Å²) in [6.45, 7) is 2.05. The summed E-state index contributed by atoms with van der Waals surface area (Å²) in [5.74, 6) is 0. The molecule has 0 aliphatic rings. The first-order valence-electron chi connectivity index (χ1n) is 2.94. The lowest BCUT2D eigenvalue weighted by Crippen LogP contribution is -2.29. The molecule has 2 N–H and O–H groups in total. The lowest BCUT2D eigenvalue weighted by molar-refractivity contribution is -0.104. The van der Waals surface area contributed by atoms with Crippen molar-refractivity contribution in [3.8, 4) is 0 Å². The van der Waals surface area contributed by atoms with Gasteiger partial charge in [-0.3, -0.25) is 5.41 Å². The maximum Gasteiger partial charge on any atom is 0.167 e. The lowest BCUT2D eigenvalue weighted by Gasteiger charge is -1.89. The standard InChI is InChI=1S/C8H9N/c1-7-3-2-4-8(5-7)6-9/h2-6,9H,1H3/p+1. The van der Waals surface area contributed by atoms with Crippen molar-refractivity contribution >= 4 is 6.21 Å². The number of hydrogen-bond donors (Lipinski definition) is 1. The average molecular weight is 120 g/mol. The molecule has 0 radical (unpaired) electrons. The predicted octanol–water partition coefficient (Wildman–Crippen LogP) is 0.173. The third-order valence-electron chi connectivity index (χ3n) is 1.23. The van der Waals surface area contributed by atoms with Crippen molar-refractivity contribution in [2.45, 2.75) is 6.92 Å². The van der Waals surface area contributed by atoms with E-state index < -0.39 is 0 Å². The van der Waals surface area contributed by atoms with Gasteiger partial charge in [0.1, 0.15) is 0 Å². The van der Waals surface area contributed by atoms with E-state index in [1.807, 2.05) is 31.2 Å². The molecule has 1 nitrogen and oxygen atoms in total. The van der Waals surface area contributed by atoms with E-state index in [4.69, 9.17) is 5.41 Å². The third-order valence-corrected chi connectivity index (χ3v) is 1.23. The second-order valence-corrected chi connectivity index (χ2v) is 2.08. The van der Waals surface area contributed by atoms with E-state index in [1.165, 1.54) is 5.56 Å². The Morgan fingerprint density at radius 3 is 2.67 bits per heavy atom. The van der Waals surface area contributed by atoms with Gasteiger partial charge in [0.25, 0.3) is 0 Å². The molecule has 1 aromatic carbocycles. The van der Waals surface area contributed by atoms with Crippen molar-refractivity contribution in [2.24, 2.45) is 0 Å². The first kappa shape index (κ1) is 6.02. The smallest absolute Gasteiger partial charge is 0.167 e. The van der Waals surface area contributed by atoms with E-state index in [-0.39, 0.29) is 0 Å². The van der Waals surface area contributed by atoms with Gasteiger partial charge in [-0.1, -0.05) is 17.7 Å². The fourth-order valence-corrected chi connectivity index (χ4v) is 0.774. The fourth-order valence-electron chi connectivity index (χ4n) is 0.774. The highest BCUT2D eigenvalue weighted by molar-refractivity contribution is 5.74. The van der Waals surface area contributed by atoms with Gasteiger partial charge in [-0.2, -0.15) is 0 Å². The molecule has 0 spiro atoms. The second-order valence-electron chi connectivity index (χ2n) is 2.08. The van der Waals surface area contributed by atoms with Crippen LogP contribution >= 0.6 is 0 Å². The highest BCUT2D eigenvalue weighted by Gasteiger charge is 1.87. The number of benzene rings is 1. The molecule has 0 fully saturated rings. The van der Waals surface area contributed by atoms with Crippen LogP contribution in [0.3, 0.4) is 0 Å². The number of nitrogens with two attached hydrogens (primary N) is 1. The van der Waals surface area contributed by atoms with Crippen LogP contribution in [0.25, 0.3) is 0 Å². The van der Waals surface area contributed by atoms with Crippen LogP contribution in [-0.2, 0) is 0 Å². The summed E-state index contributed by atoms with van der Waals surface area (Å²) in [4.78, 5) is 0. The lowest BCUT2D eigenvalue weighted by atomic mass is 10.2. The van der Waals surface area contributed by atoms with Gasteiger partial charge in [-0.25, -0.2) is 0 Å². The Balaban J connectivity index is 3.07. The van der Waals surface area contributed by atoms with Crippen LogP contribution < -0.4 is 5.41 Å². The van der Waals surface area contributed by atoms with Crippen LogP contribution in [0, 0.1) is 6.92 Å². The Hall–Kier alpha value is -1.11. The Kier molecular flexibility index (Phi) is 1.63. The predicted molar refractivity (Wildman–Crippen MR) is 38.3 cm³/mol. The van der Waals surface area contributed by atoms with Crippen molar-refractivity contribution in [1.29, 1.82) is 0 Å². The Bertz CT molecular complexity index is 216. The summed E-state index contributed by atoms with van der Waals surface area (Å²) < 4.78 is 0. The van der Waals surface area contributed by atoms with Gasteiger partial charge in [-0.05, 0) is 19.1 Å². The monoisotopic (exact) mass is 120 g/mol. The summed E-state index contributed by atoms with van der Waals surface area (Å²) in [7, 11) is 0. The zero-order valence-electron chi connectivity index (χ0n) is 5.46. The van der Waals surface area contributed by atoms with Gasteiger partial charge in [0, 0.05) is 5.56 Å². The van der Waals surface area contributed by atoms with Crippen molar-refractivity contribution in [3.05, 3.63) is 35.4 Å². The third kappa shape index (κ3) is 1.39. The van der Waals surface area contributed by atoms with Crippen LogP contribution in [0.5, 0.6) is 0 Å². The Labute approximate surface area is 54.8 Å². The van der Waals surface area contributed by atoms with Crippen LogP contribution in [0.4, 0.5) is 0 Å². The SMILES string of the molecule is Cc1cccc(C=[NH2+])c1. The minimum absolute atomic E-state index is 1.08. The van der Waals surface area contributed by atoms with Crippen LogP contribution in [0.1, 0.15) is 11.1 Å². The molecule has 0 amide bonds. The van der Waals surface area contributed by atoms with Gasteiger partial charge in [0.2, 0.25) is 0 Å². The van der Waals surface area contributed by atoms with Gasteiger partial charge in [0.15, 0.2) is 6.21 Å². The van der Waals surface area contributed by atoms with E-state index in [0.29, 0.717) is 0 Å². The van der Waals surface area contributed by atoms with Crippen molar-refractivity contribution < 1.29 is 5.41 Å². The molecule has 0 saturated heterocycles. The molecule has 0 atom stereocenters. The molecule has 1 heteroatoms. The normalized spacial score (nSPS) is 9.00. The molecular formula is C8H10N+. The Morgan fingerprint density at radius 1 is 1.44 bits per heavy atom. The molecule has 0 aliphatic heterocycles.